The highest BCUT2D eigenvalue weighted by atomic mass is 31.2. The molecule has 2 aromatic carbocycles. The third-order valence-electron chi connectivity index (χ3n) is 7.47. The molecule has 1 unspecified atom stereocenters. The number of esters is 1. The molecule has 2 fully saturated rings. The molecule has 3 aliphatic heterocycles. The first-order valence-corrected chi connectivity index (χ1v) is 15.5. The Bertz CT molecular complexity index is 1280. The van der Waals surface area contributed by atoms with Crippen molar-refractivity contribution in [3.8, 4) is 11.5 Å². The van der Waals surface area contributed by atoms with Crippen molar-refractivity contribution >= 4 is 22.8 Å². The van der Waals surface area contributed by atoms with Crippen LogP contribution in [0.15, 0.2) is 24.3 Å². The maximum Gasteiger partial charge on any atom is 0.397 e. The van der Waals surface area contributed by atoms with Crippen molar-refractivity contribution in [2.75, 3.05) is 26.4 Å². The van der Waals surface area contributed by atoms with Crippen LogP contribution in [0.3, 0.4) is 0 Å². The van der Waals surface area contributed by atoms with Gasteiger partial charge in [0.15, 0.2) is 0 Å². The first-order valence-electron chi connectivity index (χ1n) is 13.2. The van der Waals surface area contributed by atoms with Gasteiger partial charge in [-0.15, -0.1) is 0 Å². The molecule has 39 heavy (non-hydrogen) atoms. The predicted molar refractivity (Wildman–Crippen MR) is 150 cm³/mol. The molecule has 0 bridgehead atoms. The summed E-state index contributed by atoms with van der Waals surface area (Å²) in [5, 5.41) is 0. The lowest BCUT2D eigenvalue weighted by molar-refractivity contribution is -0.133. The van der Waals surface area contributed by atoms with Gasteiger partial charge in [-0.3, -0.25) is 9.36 Å². The fraction of sp³-hybridized carbons (Fsp3) is 0.552. The van der Waals surface area contributed by atoms with E-state index in [2.05, 4.69) is 53.7 Å². The summed E-state index contributed by atoms with van der Waals surface area (Å²) in [6.45, 7) is 18.1. The van der Waals surface area contributed by atoms with Gasteiger partial charge in [0.25, 0.3) is 0 Å². The quantitative estimate of drug-likeness (QED) is 0.219. The summed E-state index contributed by atoms with van der Waals surface area (Å²) in [6.07, 6.45) is 0. The number of aryl methyl sites for hydroxylation is 2. The van der Waals surface area contributed by atoms with Crippen molar-refractivity contribution in [1.29, 1.82) is 0 Å². The van der Waals surface area contributed by atoms with Crippen LogP contribution in [-0.2, 0) is 38.3 Å². The molecule has 8 nitrogen and oxygen atoms in total. The second-order valence-electron chi connectivity index (χ2n) is 13.0. The molecule has 5 rings (SSSR count). The largest absolute Gasteiger partial charge is 0.426 e. The maximum atomic E-state index is 13.3. The van der Waals surface area contributed by atoms with Crippen molar-refractivity contribution in [3.05, 3.63) is 57.6 Å². The highest BCUT2D eigenvalue weighted by molar-refractivity contribution is 7.42. The predicted octanol–water partition coefficient (Wildman–Crippen LogP) is 7.02. The number of carbonyl (C=O) groups excluding carboxylic acids is 1. The van der Waals surface area contributed by atoms with Gasteiger partial charge in [0.1, 0.15) is 17.4 Å². The molecule has 0 aliphatic carbocycles. The van der Waals surface area contributed by atoms with E-state index >= 15 is 0 Å². The van der Waals surface area contributed by atoms with Crippen LogP contribution in [-0.4, -0.2) is 32.4 Å². The Balaban J connectivity index is 1.41. The Hall–Kier alpha value is -1.79. The lowest BCUT2D eigenvalue weighted by Gasteiger charge is -2.39. The molecule has 2 saturated heterocycles. The average molecular weight is 577 g/mol. The summed E-state index contributed by atoms with van der Waals surface area (Å²) in [7, 11) is -4.03. The summed E-state index contributed by atoms with van der Waals surface area (Å²) in [5.74, 6) is 0.583. The van der Waals surface area contributed by atoms with Gasteiger partial charge in [0.05, 0.1) is 31.8 Å². The van der Waals surface area contributed by atoms with Crippen LogP contribution in [0, 0.1) is 19.3 Å². The van der Waals surface area contributed by atoms with E-state index in [4.69, 9.17) is 27.4 Å². The van der Waals surface area contributed by atoms with Crippen molar-refractivity contribution < 1.29 is 36.7 Å². The zero-order valence-corrected chi connectivity index (χ0v) is 25.8. The highest BCUT2D eigenvalue weighted by Gasteiger charge is 2.44. The van der Waals surface area contributed by atoms with Crippen LogP contribution in [0.1, 0.15) is 80.8 Å². The van der Waals surface area contributed by atoms with Crippen LogP contribution in [0.4, 0.5) is 0 Å². The molecule has 3 aliphatic rings. The molecule has 1 spiro atoms. The number of hydrogen-bond donors (Lipinski definition) is 0. The third kappa shape index (κ3) is 5.70. The molecule has 1 atom stereocenters. The van der Waals surface area contributed by atoms with E-state index in [0.29, 0.717) is 24.7 Å². The topological polar surface area (TPSA) is 89.5 Å². The highest BCUT2D eigenvalue weighted by Crippen LogP contribution is 2.52. The number of fused-ring (bicyclic) bond motifs is 1. The Labute approximate surface area is 232 Å². The van der Waals surface area contributed by atoms with Gasteiger partial charge < -0.3 is 27.4 Å². The lowest BCUT2D eigenvalue weighted by atomic mass is 9.77. The van der Waals surface area contributed by atoms with Crippen molar-refractivity contribution in [2.45, 2.75) is 72.1 Å². The Morgan fingerprint density at radius 3 is 2.03 bits per heavy atom. The van der Waals surface area contributed by atoms with Crippen LogP contribution in [0.2, 0.25) is 0 Å². The summed E-state index contributed by atoms with van der Waals surface area (Å²) in [6, 6.07) is 8.30. The van der Waals surface area contributed by atoms with Gasteiger partial charge in [-0.25, -0.2) is 0 Å². The molecule has 0 radical (unpaired) electrons. The number of hydrogen-bond acceptors (Lipinski definition) is 8. The fourth-order valence-corrected chi connectivity index (χ4v) is 7.43. The van der Waals surface area contributed by atoms with E-state index in [1.807, 2.05) is 26.0 Å². The Kier molecular flexibility index (Phi) is 7.54. The summed E-state index contributed by atoms with van der Waals surface area (Å²) >= 11 is 0. The molecule has 2 aromatic rings. The molecule has 212 valence electrons. The van der Waals surface area contributed by atoms with Gasteiger partial charge in [-0.1, -0.05) is 65.8 Å². The van der Waals surface area contributed by atoms with Gasteiger partial charge >= 0.3 is 22.8 Å². The van der Waals surface area contributed by atoms with Crippen molar-refractivity contribution in [3.63, 3.8) is 0 Å². The van der Waals surface area contributed by atoms with Crippen LogP contribution >= 0.6 is 16.9 Å². The molecule has 10 heteroatoms. The smallest absolute Gasteiger partial charge is 0.397 e. The Morgan fingerprint density at radius 1 is 0.897 bits per heavy atom. The van der Waals surface area contributed by atoms with Gasteiger partial charge in [0, 0.05) is 11.1 Å². The standard InChI is InChI=1S/C29H38O8P2/c1-17-9-19(10-18(2)24(17)37-39-34-15-29(16-35-39)13-32-38(31)33-14-29)23-21-11-20(27(3,4)5)12-22(28(6,7)8)25(21)36-26(23)30/h9-12,23,38H,13-16H2,1-8H3. The van der Waals surface area contributed by atoms with E-state index in [9.17, 15) is 9.36 Å². The monoisotopic (exact) mass is 576 g/mol. The first-order chi connectivity index (χ1) is 18.2. The van der Waals surface area contributed by atoms with Crippen molar-refractivity contribution in [2.24, 2.45) is 5.41 Å². The third-order valence-corrected chi connectivity index (χ3v) is 9.24. The number of benzene rings is 2. The van der Waals surface area contributed by atoms with Gasteiger partial charge in [-0.2, -0.15) is 0 Å². The van der Waals surface area contributed by atoms with Crippen LogP contribution < -0.4 is 9.26 Å². The van der Waals surface area contributed by atoms with Crippen molar-refractivity contribution in [1.82, 2.24) is 0 Å². The molecular formula is C29H38O8P2. The van der Waals surface area contributed by atoms with E-state index in [-0.39, 0.29) is 30.0 Å². The summed E-state index contributed by atoms with van der Waals surface area (Å²) in [4.78, 5) is 13.3. The zero-order chi connectivity index (χ0) is 28.3. The minimum absolute atomic E-state index is 0.0799. The SMILES string of the molecule is Cc1cc(C2C(=O)Oc3c2cc(C(C)(C)C)cc3C(C)(C)C)cc(C)c1OP1OCC2(CO1)CO[PH](=O)OC2. The van der Waals surface area contributed by atoms with Crippen LogP contribution in [0.25, 0.3) is 0 Å². The second kappa shape index (κ2) is 10.2. The van der Waals surface area contributed by atoms with Crippen LogP contribution in [0.5, 0.6) is 11.5 Å². The number of rotatable bonds is 3. The minimum atomic E-state index is -2.41. The summed E-state index contributed by atoms with van der Waals surface area (Å²) < 4.78 is 45.7. The molecule has 0 N–H and O–H groups in total. The fourth-order valence-electron chi connectivity index (χ4n) is 5.13. The number of ether oxygens (including phenoxy) is 1. The molecule has 3 heterocycles. The molecule has 0 amide bonds. The van der Waals surface area contributed by atoms with E-state index in [1.165, 1.54) is 5.56 Å². The van der Waals surface area contributed by atoms with E-state index in [0.717, 1.165) is 27.8 Å². The average Bonchev–Trinajstić information content (AvgIpc) is 3.18. The summed E-state index contributed by atoms with van der Waals surface area (Å²) in [5.41, 5.74) is 5.04. The lowest BCUT2D eigenvalue weighted by Crippen LogP contribution is -2.44. The first kappa shape index (κ1) is 28.7. The maximum absolute atomic E-state index is 13.3. The van der Waals surface area contributed by atoms with E-state index in [1.54, 1.807) is 0 Å². The molecular weight excluding hydrogens is 538 g/mol. The molecule has 0 saturated carbocycles. The Morgan fingerprint density at radius 2 is 1.49 bits per heavy atom. The van der Waals surface area contributed by atoms with Gasteiger partial charge in [-0.05, 0) is 46.9 Å². The van der Waals surface area contributed by atoms with E-state index < -0.39 is 28.2 Å². The normalized spacial score (nSPS) is 27.4. The number of carbonyl (C=O) groups is 1. The minimum Gasteiger partial charge on any atom is -0.426 e. The van der Waals surface area contributed by atoms with Gasteiger partial charge in [0.2, 0.25) is 0 Å². The zero-order valence-electron chi connectivity index (χ0n) is 23.9. The molecule has 0 aromatic heterocycles. The second-order valence-corrected chi connectivity index (χ2v) is 15.2.